The first-order valence-electron chi connectivity index (χ1n) is 9.97. The van der Waals surface area contributed by atoms with E-state index in [1.165, 1.54) is 0 Å². The number of hydrogen-bond donors (Lipinski definition) is 2. The molecule has 0 saturated heterocycles. The zero-order valence-corrected chi connectivity index (χ0v) is 18.0. The molecule has 4 aromatic rings. The average molecular weight is 442 g/mol. The summed E-state index contributed by atoms with van der Waals surface area (Å²) in [5.41, 5.74) is 5.16. The van der Waals surface area contributed by atoms with Crippen LogP contribution in [0.5, 0.6) is 0 Å². The fourth-order valence-electron chi connectivity index (χ4n) is 3.39. The summed E-state index contributed by atoms with van der Waals surface area (Å²) in [7, 11) is -3.84. The van der Waals surface area contributed by atoms with Gasteiger partial charge >= 0.3 is 0 Å². The van der Waals surface area contributed by atoms with Crippen molar-refractivity contribution in [2.75, 3.05) is 10.0 Å². The minimum absolute atomic E-state index is 0.0271. The number of benzene rings is 3. The molecular weight excluding hydrogens is 422 g/mol. The molecule has 1 aromatic heterocycles. The molecule has 0 atom stereocenters. The maximum Gasteiger partial charge on any atom is 0.264 e. The largest absolute Gasteiger partial charge is 0.351 e. The minimum Gasteiger partial charge on any atom is -0.351 e. The standard InChI is InChI=1S/C24H19N5O2S/c1-16-11-13-18(14-12-16)32(30,31)29-24-25-15-21-23(28-24)22(17-7-3-2-4-8-17)27-20-10-6-5-9-19(20)26-21/h2-15,26H,1H3,(H,25,28,29). The molecule has 0 saturated carbocycles. The van der Waals surface area contributed by atoms with E-state index in [9.17, 15) is 8.42 Å². The first kappa shape index (κ1) is 19.9. The van der Waals surface area contributed by atoms with Crippen molar-refractivity contribution in [1.29, 1.82) is 0 Å². The van der Waals surface area contributed by atoms with Crippen LogP contribution < -0.4 is 10.0 Å². The smallest absolute Gasteiger partial charge is 0.264 e. The monoisotopic (exact) mass is 441 g/mol. The van der Waals surface area contributed by atoms with Crippen molar-refractivity contribution in [1.82, 2.24) is 9.97 Å². The van der Waals surface area contributed by atoms with Crippen LogP contribution in [0.25, 0.3) is 0 Å². The Balaban J connectivity index is 1.60. The van der Waals surface area contributed by atoms with Crippen molar-refractivity contribution >= 4 is 38.7 Å². The van der Waals surface area contributed by atoms with Gasteiger partial charge < -0.3 is 5.32 Å². The van der Waals surface area contributed by atoms with Crippen molar-refractivity contribution in [3.05, 3.63) is 102 Å². The van der Waals surface area contributed by atoms with E-state index in [0.29, 0.717) is 17.1 Å². The highest BCUT2D eigenvalue weighted by molar-refractivity contribution is 7.92. The lowest BCUT2D eigenvalue weighted by atomic mass is 10.1. The van der Waals surface area contributed by atoms with E-state index in [2.05, 4.69) is 20.0 Å². The number of sulfonamides is 1. The Morgan fingerprint density at radius 1 is 0.844 bits per heavy atom. The third-order valence-electron chi connectivity index (χ3n) is 5.02. The first-order valence-corrected chi connectivity index (χ1v) is 11.4. The van der Waals surface area contributed by atoms with Crippen molar-refractivity contribution in [2.45, 2.75) is 11.8 Å². The van der Waals surface area contributed by atoms with Crippen LogP contribution in [0, 0.1) is 6.92 Å². The van der Waals surface area contributed by atoms with Gasteiger partial charge in [-0.15, -0.1) is 0 Å². The van der Waals surface area contributed by atoms with Gasteiger partial charge in [0.15, 0.2) is 0 Å². The molecular formula is C24H19N5O2S. The molecule has 3 aromatic carbocycles. The normalized spacial score (nSPS) is 12.6. The Labute approximate surface area is 186 Å². The second-order valence-corrected chi connectivity index (χ2v) is 9.03. The van der Waals surface area contributed by atoms with E-state index in [-0.39, 0.29) is 10.8 Å². The summed E-state index contributed by atoms with van der Waals surface area (Å²) in [5, 5.41) is 3.31. The molecule has 7 nitrogen and oxygen atoms in total. The lowest BCUT2D eigenvalue weighted by Gasteiger charge is -2.12. The Morgan fingerprint density at radius 3 is 2.34 bits per heavy atom. The average Bonchev–Trinajstić information content (AvgIpc) is 2.96. The topological polar surface area (TPSA) is 96.3 Å². The number of para-hydroxylation sites is 2. The summed E-state index contributed by atoms with van der Waals surface area (Å²) in [6.07, 6.45) is 1.57. The van der Waals surface area contributed by atoms with Gasteiger partial charge in [-0.3, -0.25) is 0 Å². The summed E-state index contributed by atoms with van der Waals surface area (Å²) >= 11 is 0. The van der Waals surface area contributed by atoms with Gasteiger partial charge in [-0.2, -0.15) is 0 Å². The van der Waals surface area contributed by atoms with E-state index in [1.807, 2.05) is 61.5 Å². The van der Waals surface area contributed by atoms with Crippen molar-refractivity contribution in [3.63, 3.8) is 0 Å². The molecule has 0 spiro atoms. The molecule has 5 rings (SSSR count). The lowest BCUT2D eigenvalue weighted by molar-refractivity contribution is 0.601. The SMILES string of the molecule is Cc1ccc(S(=O)(=O)Nc2ncc3c(n2)C(c2ccccc2)=Nc2ccccc2N3)cc1. The highest BCUT2D eigenvalue weighted by Crippen LogP contribution is 2.34. The van der Waals surface area contributed by atoms with Crippen LogP contribution in [0.2, 0.25) is 0 Å². The third kappa shape index (κ3) is 3.83. The van der Waals surface area contributed by atoms with Gasteiger partial charge in [0.2, 0.25) is 5.95 Å². The second-order valence-electron chi connectivity index (χ2n) is 7.34. The fourth-order valence-corrected chi connectivity index (χ4v) is 4.34. The number of aromatic nitrogens is 2. The molecule has 0 fully saturated rings. The predicted molar refractivity (Wildman–Crippen MR) is 125 cm³/mol. The number of nitrogens with one attached hydrogen (secondary N) is 2. The summed E-state index contributed by atoms with van der Waals surface area (Å²) in [6.45, 7) is 1.90. The Morgan fingerprint density at radius 2 is 1.56 bits per heavy atom. The molecule has 2 N–H and O–H groups in total. The van der Waals surface area contributed by atoms with E-state index in [0.717, 1.165) is 22.5 Å². The second kappa shape index (κ2) is 7.90. The zero-order valence-electron chi connectivity index (χ0n) is 17.1. The molecule has 32 heavy (non-hydrogen) atoms. The van der Waals surface area contributed by atoms with E-state index < -0.39 is 10.0 Å². The lowest BCUT2D eigenvalue weighted by Crippen LogP contribution is -2.17. The van der Waals surface area contributed by atoms with Gasteiger partial charge in [0.1, 0.15) is 5.69 Å². The summed E-state index contributed by atoms with van der Waals surface area (Å²) in [4.78, 5) is 13.8. The molecule has 0 aliphatic carbocycles. The molecule has 1 aliphatic rings. The van der Waals surface area contributed by atoms with Gasteiger partial charge in [0.25, 0.3) is 10.0 Å². The number of anilines is 3. The number of aliphatic imine (C=N–C) groups is 1. The van der Waals surface area contributed by atoms with Gasteiger partial charge in [0, 0.05) is 5.56 Å². The number of nitrogens with zero attached hydrogens (tertiary/aromatic N) is 3. The Kier molecular flexibility index (Phi) is 4.91. The molecule has 0 bridgehead atoms. The predicted octanol–water partition coefficient (Wildman–Crippen LogP) is 4.81. The van der Waals surface area contributed by atoms with Gasteiger partial charge in [0.05, 0.1) is 33.9 Å². The van der Waals surface area contributed by atoms with Crippen LogP contribution in [0.1, 0.15) is 16.8 Å². The van der Waals surface area contributed by atoms with Crippen LogP contribution in [-0.2, 0) is 10.0 Å². The van der Waals surface area contributed by atoms with Gasteiger partial charge in [-0.05, 0) is 31.2 Å². The Hall–Kier alpha value is -4.04. The molecule has 0 radical (unpaired) electrons. The third-order valence-corrected chi connectivity index (χ3v) is 6.37. The van der Waals surface area contributed by atoms with Crippen LogP contribution in [0.4, 0.5) is 23.0 Å². The van der Waals surface area contributed by atoms with Crippen LogP contribution in [-0.4, -0.2) is 24.1 Å². The summed E-state index contributed by atoms with van der Waals surface area (Å²) in [5.74, 6) is -0.0271. The minimum atomic E-state index is -3.84. The van der Waals surface area contributed by atoms with Crippen LogP contribution in [0.15, 0.2) is 94.9 Å². The molecule has 0 amide bonds. The zero-order chi connectivity index (χ0) is 22.1. The van der Waals surface area contributed by atoms with Crippen molar-refractivity contribution in [3.8, 4) is 0 Å². The molecule has 158 valence electrons. The van der Waals surface area contributed by atoms with Gasteiger partial charge in [-0.25, -0.2) is 28.1 Å². The fraction of sp³-hybridized carbons (Fsp3) is 0.0417. The van der Waals surface area contributed by atoms with Crippen LogP contribution >= 0.6 is 0 Å². The molecule has 0 unspecified atom stereocenters. The quantitative estimate of drug-likeness (QED) is 0.417. The van der Waals surface area contributed by atoms with Gasteiger partial charge in [-0.1, -0.05) is 60.2 Å². The highest BCUT2D eigenvalue weighted by atomic mass is 32.2. The number of fused-ring (bicyclic) bond motifs is 2. The van der Waals surface area contributed by atoms with Crippen LogP contribution in [0.3, 0.4) is 0 Å². The van der Waals surface area contributed by atoms with Crippen molar-refractivity contribution in [2.24, 2.45) is 4.99 Å². The maximum atomic E-state index is 12.8. The first-order chi connectivity index (χ1) is 15.5. The molecule has 8 heteroatoms. The summed E-state index contributed by atoms with van der Waals surface area (Å²) < 4.78 is 28.2. The van der Waals surface area contributed by atoms with E-state index >= 15 is 0 Å². The highest BCUT2D eigenvalue weighted by Gasteiger charge is 2.22. The van der Waals surface area contributed by atoms with E-state index in [4.69, 9.17) is 4.99 Å². The maximum absolute atomic E-state index is 12.8. The van der Waals surface area contributed by atoms with Crippen molar-refractivity contribution < 1.29 is 8.42 Å². The number of hydrogen-bond acceptors (Lipinski definition) is 6. The molecule has 1 aliphatic heterocycles. The number of aryl methyl sites for hydroxylation is 1. The van der Waals surface area contributed by atoms with E-state index in [1.54, 1.807) is 30.5 Å². The summed E-state index contributed by atoms with van der Waals surface area (Å²) in [6, 6.07) is 23.9. The Bertz CT molecular complexity index is 1430. The number of rotatable bonds is 4. The molecule has 2 heterocycles.